The first kappa shape index (κ1) is 16.0. The van der Waals surface area contributed by atoms with Gasteiger partial charge in [0.15, 0.2) is 0 Å². The molecule has 2 N–H and O–H groups in total. The molecule has 2 aliphatic rings. The Morgan fingerprint density at radius 2 is 1.65 bits per heavy atom. The Balaban J connectivity index is 1.67. The molecule has 2 saturated carbocycles. The van der Waals surface area contributed by atoms with Gasteiger partial charge in [0, 0.05) is 5.92 Å². The predicted molar refractivity (Wildman–Crippen MR) is 87.8 cm³/mol. The highest BCUT2D eigenvalue weighted by Crippen LogP contribution is 2.38. The van der Waals surface area contributed by atoms with Crippen molar-refractivity contribution >= 4 is 11.9 Å². The lowest BCUT2D eigenvalue weighted by molar-refractivity contribution is -0.144. The SMILES string of the molecule is O=C(O)C1CCCC(C(=O)NC(c2ccccc2)C2CCC2)C1. The second kappa shape index (κ2) is 7.16. The molecular weight excluding hydrogens is 290 g/mol. The lowest BCUT2D eigenvalue weighted by atomic mass is 9.76. The van der Waals surface area contributed by atoms with Crippen LogP contribution in [0.25, 0.3) is 0 Å². The number of carbonyl (C=O) groups excluding carboxylic acids is 1. The number of carboxylic acid groups (broad SMARTS) is 1. The number of rotatable bonds is 5. The number of benzene rings is 1. The molecule has 4 heteroatoms. The number of hydrogen-bond acceptors (Lipinski definition) is 2. The van der Waals surface area contributed by atoms with Gasteiger partial charge in [0.1, 0.15) is 0 Å². The van der Waals surface area contributed by atoms with Gasteiger partial charge in [-0.15, -0.1) is 0 Å². The predicted octanol–water partition coefficient (Wildman–Crippen LogP) is 3.54. The molecule has 124 valence electrons. The molecule has 0 aromatic heterocycles. The van der Waals surface area contributed by atoms with Gasteiger partial charge in [-0.2, -0.15) is 0 Å². The number of nitrogens with one attached hydrogen (secondary N) is 1. The van der Waals surface area contributed by atoms with E-state index in [1.54, 1.807) is 0 Å². The van der Waals surface area contributed by atoms with Crippen LogP contribution in [0.15, 0.2) is 30.3 Å². The molecule has 4 nitrogen and oxygen atoms in total. The van der Waals surface area contributed by atoms with E-state index in [9.17, 15) is 14.7 Å². The summed E-state index contributed by atoms with van der Waals surface area (Å²) >= 11 is 0. The van der Waals surface area contributed by atoms with Crippen molar-refractivity contribution in [2.75, 3.05) is 0 Å². The molecule has 3 atom stereocenters. The van der Waals surface area contributed by atoms with E-state index in [2.05, 4.69) is 17.4 Å². The smallest absolute Gasteiger partial charge is 0.306 e. The molecule has 0 bridgehead atoms. The summed E-state index contributed by atoms with van der Waals surface area (Å²) in [6, 6.07) is 10.2. The molecule has 2 aliphatic carbocycles. The molecule has 0 saturated heterocycles. The highest BCUT2D eigenvalue weighted by Gasteiger charge is 2.34. The van der Waals surface area contributed by atoms with E-state index >= 15 is 0 Å². The van der Waals surface area contributed by atoms with Crippen molar-refractivity contribution in [1.82, 2.24) is 5.32 Å². The van der Waals surface area contributed by atoms with Gasteiger partial charge in [0.2, 0.25) is 5.91 Å². The molecule has 1 aromatic rings. The highest BCUT2D eigenvalue weighted by atomic mass is 16.4. The third kappa shape index (κ3) is 3.74. The lowest BCUT2D eigenvalue weighted by Crippen LogP contribution is -2.41. The third-order valence-electron chi connectivity index (χ3n) is 5.47. The maximum atomic E-state index is 12.7. The second-order valence-corrected chi connectivity index (χ2v) is 6.99. The zero-order valence-corrected chi connectivity index (χ0v) is 13.4. The summed E-state index contributed by atoms with van der Waals surface area (Å²) in [5.41, 5.74) is 1.16. The summed E-state index contributed by atoms with van der Waals surface area (Å²) in [5, 5.41) is 12.4. The van der Waals surface area contributed by atoms with Crippen molar-refractivity contribution in [2.24, 2.45) is 17.8 Å². The summed E-state index contributed by atoms with van der Waals surface area (Å²) < 4.78 is 0. The molecule has 2 fully saturated rings. The minimum Gasteiger partial charge on any atom is -0.481 e. The minimum atomic E-state index is -0.763. The Labute approximate surface area is 137 Å². The minimum absolute atomic E-state index is 0.0386. The molecule has 3 rings (SSSR count). The van der Waals surface area contributed by atoms with E-state index < -0.39 is 5.97 Å². The molecular formula is C19H25NO3. The van der Waals surface area contributed by atoms with Gasteiger partial charge in [-0.05, 0) is 43.6 Å². The van der Waals surface area contributed by atoms with Crippen molar-refractivity contribution in [3.63, 3.8) is 0 Å². The van der Waals surface area contributed by atoms with Gasteiger partial charge in [-0.25, -0.2) is 0 Å². The number of hydrogen-bond donors (Lipinski definition) is 2. The molecule has 0 radical (unpaired) electrons. The maximum Gasteiger partial charge on any atom is 0.306 e. The fourth-order valence-electron chi connectivity index (χ4n) is 3.83. The Hall–Kier alpha value is -1.84. The Morgan fingerprint density at radius 1 is 1.00 bits per heavy atom. The average Bonchev–Trinajstić information content (AvgIpc) is 2.53. The van der Waals surface area contributed by atoms with Crippen molar-refractivity contribution in [1.29, 1.82) is 0 Å². The van der Waals surface area contributed by atoms with Crippen LogP contribution in [0.5, 0.6) is 0 Å². The first-order valence-corrected chi connectivity index (χ1v) is 8.73. The van der Waals surface area contributed by atoms with Crippen LogP contribution < -0.4 is 5.32 Å². The number of aliphatic carboxylic acids is 1. The van der Waals surface area contributed by atoms with Gasteiger partial charge >= 0.3 is 5.97 Å². The van der Waals surface area contributed by atoms with Crippen LogP contribution in [0.4, 0.5) is 0 Å². The number of carboxylic acids is 1. The van der Waals surface area contributed by atoms with Crippen LogP contribution in [0.1, 0.15) is 56.6 Å². The topological polar surface area (TPSA) is 66.4 Å². The van der Waals surface area contributed by atoms with Gasteiger partial charge < -0.3 is 10.4 Å². The van der Waals surface area contributed by atoms with Crippen LogP contribution in [0.2, 0.25) is 0 Å². The van der Waals surface area contributed by atoms with E-state index in [-0.39, 0.29) is 23.8 Å². The lowest BCUT2D eigenvalue weighted by Gasteiger charge is -2.36. The summed E-state index contributed by atoms with van der Waals surface area (Å²) in [6.07, 6.45) is 6.35. The number of carbonyl (C=O) groups is 2. The molecule has 3 unspecified atom stereocenters. The molecule has 1 aromatic carbocycles. The normalized spacial score (nSPS) is 26.1. The molecule has 0 aliphatic heterocycles. The third-order valence-corrected chi connectivity index (χ3v) is 5.47. The first-order chi connectivity index (χ1) is 11.1. The summed E-state index contributed by atoms with van der Waals surface area (Å²) in [4.78, 5) is 23.9. The van der Waals surface area contributed by atoms with Gasteiger partial charge in [-0.1, -0.05) is 43.2 Å². The van der Waals surface area contributed by atoms with Crippen molar-refractivity contribution < 1.29 is 14.7 Å². The highest BCUT2D eigenvalue weighted by molar-refractivity contribution is 5.80. The fourth-order valence-corrected chi connectivity index (χ4v) is 3.83. The van der Waals surface area contributed by atoms with Gasteiger partial charge in [0.05, 0.1) is 12.0 Å². The standard InChI is InChI=1S/C19H25NO3/c21-18(15-10-5-11-16(12-15)19(22)23)20-17(14-8-4-9-14)13-6-2-1-3-7-13/h1-3,6-7,14-17H,4-5,8-12H2,(H,20,21)(H,22,23). The first-order valence-electron chi connectivity index (χ1n) is 8.73. The van der Waals surface area contributed by atoms with Crippen LogP contribution >= 0.6 is 0 Å². The molecule has 0 spiro atoms. The average molecular weight is 315 g/mol. The number of amides is 1. The monoisotopic (exact) mass is 315 g/mol. The van der Waals surface area contributed by atoms with E-state index in [4.69, 9.17) is 0 Å². The fraction of sp³-hybridized carbons (Fsp3) is 0.579. The van der Waals surface area contributed by atoms with E-state index in [0.717, 1.165) is 31.2 Å². The Bertz CT molecular complexity index is 553. The van der Waals surface area contributed by atoms with E-state index in [0.29, 0.717) is 18.8 Å². The van der Waals surface area contributed by atoms with Crippen LogP contribution in [-0.4, -0.2) is 17.0 Å². The summed E-state index contributed by atoms with van der Waals surface area (Å²) in [7, 11) is 0. The Morgan fingerprint density at radius 3 is 2.26 bits per heavy atom. The van der Waals surface area contributed by atoms with Crippen molar-refractivity contribution in [3.8, 4) is 0 Å². The van der Waals surface area contributed by atoms with E-state index in [1.807, 2.05) is 18.2 Å². The maximum absolute atomic E-state index is 12.7. The van der Waals surface area contributed by atoms with Crippen LogP contribution in [0, 0.1) is 17.8 Å². The van der Waals surface area contributed by atoms with Crippen molar-refractivity contribution in [3.05, 3.63) is 35.9 Å². The van der Waals surface area contributed by atoms with Gasteiger partial charge in [0.25, 0.3) is 0 Å². The zero-order chi connectivity index (χ0) is 16.2. The van der Waals surface area contributed by atoms with E-state index in [1.165, 1.54) is 6.42 Å². The van der Waals surface area contributed by atoms with Crippen LogP contribution in [0.3, 0.4) is 0 Å². The molecule has 0 heterocycles. The molecule has 23 heavy (non-hydrogen) atoms. The largest absolute Gasteiger partial charge is 0.481 e. The van der Waals surface area contributed by atoms with Crippen LogP contribution in [-0.2, 0) is 9.59 Å². The van der Waals surface area contributed by atoms with Gasteiger partial charge in [-0.3, -0.25) is 9.59 Å². The summed E-state index contributed by atoms with van der Waals surface area (Å²) in [5.74, 6) is -0.729. The zero-order valence-electron chi connectivity index (χ0n) is 13.4. The quantitative estimate of drug-likeness (QED) is 0.873. The Kier molecular flexibility index (Phi) is 4.99. The second-order valence-electron chi connectivity index (χ2n) is 6.99. The van der Waals surface area contributed by atoms with Crippen molar-refractivity contribution in [2.45, 2.75) is 51.0 Å². The molecule has 1 amide bonds. The summed E-state index contributed by atoms with van der Waals surface area (Å²) in [6.45, 7) is 0.